The lowest BCUT2D eigenvalue weighted by Crippen LogP contribution is -2.36. The Labute approximate surface area is 197 Å². The van der Waals surface area contributed by atoms with Crippen LogP contribution in [0.4, 0.5) is 0 Å². The first kappa shape index (κ1) is 21.6. The lowest BCUT2D eigenvalue weighted by atomic mass is 10.0. The van der Waals surface area contributed by atoms with Gasteiger partial charge in [-0.25, -0.2) is 4.79 Å². The van der Waals surface area contributed by atoms with Gasteiger partial charge in [0.2, 0.25) is 0 Å². The minimum Gasteiger partial charge on any atom is -0.465 e. The molecule has 5 rings (SSSR count). The molecular weight excluding hydrogens is 438 g/mol. The Balaban J connectivity index is 1.52. The number of rotatable bonds is 6. The largest absolute Gasteiger partial charge is 0.465 e. The summed E-state index contributed by atoms with van der Waals surface area (Å²) in [5.74, 6) is 0.935. The van der Waals surface area contributed by atoms with E-state index in [1.807, 2.05) is 42.5 Å². The topological polar surface area (TPSA) is 76.8 Å². The predicted octanol–water partition coefficient (Wildman–Crippen LogP) is 4.28. The van der Waals surface area contributed by atoms with Crippen molar-refractivity contribution in [2.45, 2.75) is 31.0 Å². The molecule has 3 atom stereocenters. The molecular formula is C25H25N3O4S. The molecule has 2 aromatic heterocycles. The number of nitrogens with one attached hydrogen (secondary N) is 1. The molecule has 8 heteroatoms. The summed E-state index contributed by atoms with van der Waals surface area (Å²) in [7, 11) is 1.37. The second kappa shape index (κ2) is 9.33. The average molecular weight is 464 g/mol. The van der Waals surface area contributed by atoms with Gasteiger partial charge in [-0.05, 0) is 55.4 Å². The Kier molecular flexibility index (Phi) is 6.11. The van der Waals surface area contributed by atoms with Crippen molar-refractivity contribution in [2.75, 3.05) is 20.3 Å². The zero-order chi connectivity index (χ0) is 22.8. The molecule has 7 nitrogen and oxygen atoms in total. The number of carbonyl (C=O) groups is 1. The second-order valence-electron chi connectivity index (χ2n) is 8.15. The molecule has 170 valence electrons. The standard InChI is InChI=1S/C25H25N3O4S/c1-30-24(29)18-9-3-2-8-17(18)20-11-12-21(32-20)23-22(19-10-4-5-13-26-19)27-25(33)28(23)15-16-7-6-14-31-16/h2-5,8-13,16,22-23H,6-7,14-15H2,1H3,(H,27,33)/t16-,22+,23+/m0/s1. The van der Waals surface area contributed by atoms with E-state index in [4.69, 9.17) is 26.1 Å². The molecule has 0 saturated carbocycles. The normalized spacial score (nSPS) is 22.4. The molecule has 2 fully saturated rings. The molecule has 0 unspecified atom stereocenters. The summed E-state index contributed by atoms with van der Waals surface area (Å²) in [4.78, 5) is 19.0. The third-order valence-electron chi connectivity index (χ3n) is 6.14. The molecule has 4 heterocycles. The van der Waals surface area contributed by atoms with E-state index in [-0.39, 0.29) is 18.2 Å². The Bertz CT molecular complexity index is 1140. The summed E-state index contributed by atoms with van der Waals surface area (Å²) in [5.41, 5.74) is 2.02. The summed E-state index contributed by atoms with van der Waals surface area (Å²) >= 11 is 5.73. The van der Waals surface area contributed by atoms with Crippen molar-refractivity contribution in [3.63, 3.8) is 0 Å². The number of esters is 1. The van der Waals surface area contributed by atoms with Crippen LogP contribution in [-0.4, -0.2) is 47.3 Å². The van der Waals surface area contributed by atoms with Gasteiger partial charge in [0.1, 0.15) is 17.6 Å². The highest BCUT2D eigenvalue weighted by atomic mass is 32.1. The lowest BCUT2D eigenvalue weighted by Gasteiger charge is -2.28. The van der Waals surface area contributed by atoms with Crippen LogP contribution in [-0.2, 0) is 9.47 Å². The first-order chi connectivity index (χ1) is 16.2. The van der Waals surface area contributed by atoms with Crippen molar-refractivity contribution >= 4 is 23.3 Å². The van der Waals surface area contributed by atoms with Crippen molar-refractivity contribution < 1.29 is 18.7 Å². The van der Waals surface area contributed by atoms with E-state index < -0.39 is 5.97 Å². The highest BCUT2D eigenvalue weighted by molar-refractivity contribution is 7.80. The zero-order valence-corrected chi connectivity index (χ0v) is 19.1. The first-order valence-corrected chi connectivity index (χ1v) is 11.4. The van der Waals surface area contributed by atoms with Crippen molar-refractivity contribution in [3.05, 3.63) is 77.8 Å². The van der Waals surface area contributed by atoms with Gasteiger partial charge in [0.05, 0.1) is 30.5 Å². The number of hydrogen-bond donors (Lipinski definition) is 1. The van der Waals surface area contributed by atoms with E-state index >= 15 is 0 Å². The lowest BCUT2D eigenvalue weighted by molar-refractivity contribution is 0.0601. The van der Waals surface area contributed by atoms with Crippen molar-refractivity contribution in [3.8, 4) is 11.3 Å². The predicted molar refractivity (Wildman–Crippen MR) is 127 cm³/mol. The van der Waals surface area contributed by atoms with Crippen molar-refractivity contribution in [1.29, 1.82) is 0 Å². The van der Waals surface area contributed by atoms with Gasteiger partial charge in [0, 0.05) is 24.9 Å². The van der Waals surface area contributed by atoms with E-state index in [0.29, 0.717) is 28.5 Å². The fraction of sp³-hybridized carbons (Fsp3) is 0.320. The maximum atomic E-state index is 12.3. The summed E-state index contributed by atoms with van der Waals surface area (Å²) in [6.07, 6.45) is 3.97. The van der Waals surface area contributed by atoms with Gasteiger partial charge in [0.25, 0.3) is 0 Å². The first-order valence-electron chi connectivity index (χ1n) is 11.0. The number of ether oxygens (including phenoxy) is 2. The van der Waals surface area contributed by atoms with Crippen LogP contribution >= 0.6 is 12.2 Å². The fourth-order valence-electron chi connectivity index (χ4n) is 4.56. The number of nitrogens with zero attached hydrogens (tertiary/aromatic N) is 2. The van der Waals surface area contributed by atoms with E-state index in [1.54, 1.807) is 18.3 Å². The Morgan fingerprint density at radius 3 is 2.82 bits per heavy atom. The van der Waals surface area contributed by atoms with Gasteiger partial charge >= 0.3 is 5.97 Å². The smallest absolute Gasteiger partial charge is 0.338 e. The van der Waals surface area contributed by atoms with Crippen LogP contribution in [0.25, 0.3) is 11.3 Å². The Hall–Kier alpha value is -3.23. The molecule has 1 N–H and O–H groups in total. The molecule has 3 aromatic rings. The van der Waals surface area contributed by atoms with Crippen LogP contribution in [0.3, 0.4) is 0 Å². The van der Waals surface area contributed by atoms with Crippen LogP contribution in [0, 0.1) is 0 Å². The molecule has 0 spiro atoms. The van der Waals surface area contributed by atoms with Gasteiger partial charge in [-0.2, -0.15) is 0 Å². The molecule has 0 aliphatic carbocycles. The number of aromatic nitrogens is 1. The minimum absolute atomic E-state index is 0.129. The highest BCUT2D eigenvalue weighted by Crippen LogP contribution is 2.41. The quantitative estimate of drug-likeness (QED) is 0.429. The van der Waals surface area contributed by atoms with Crippen molar-refractivity contribution in [2.24, 2.45) is 0 Å². The SMILES string of the molecule is COC(=O)c1ccccc1-c1ccc([C@@H]2[C@@H](c3ccccn3)NC(=S)N2C[C@@H]2CCCO2)o1. The Morgan fingerprint density at radius 2 is 2.06 bits per heavy atom. The van der Waals surface area contributed by atoms with E-state index in [0.717, 1.165) is 30.9 Å². The van der Waals surface area contributed by atoms with Gasteiger partial charge in [-0.1, -0.05) is 24.3 Å². The van der Waals surface area contributed by atoms with Gasteiger partial charge < -0.3 is 24.1 Å². The maximum Gasteiger partial charge on any atom is 0.338 e. The van der Waals surface area contributed by atoms with Crippen molar-refractivity contribution in [1.82, 2.24) is 15.2 Å². The average Bonchev–Trinajstić information content (AvgIpc) is 3.61. The van der Waals surface area contributed by atoms with E-state index in [1.165, 1.54) is 7.11 Å². The van der Waals surface area contributed by atoms with Crippen LogP contribution in [0.2, 0.25) is 0 Å². The number of methoxy groups -OCH3 is 1. The van der Waals surface area contributed by atoms with Gasteiger partial charge in [0.15, 0.2) is 5.11 Å². The summed E-state index contributed by atoms with van der Waals surface area (Å²) in [6.45, 7) is 1.46. The molecule has 33 heavy (non-hydrogen) atoms. The third-order valence-corrected chi connectivity index (χ3v) is 6.49. The second-order valence-corrected chi connectivity index (χ2v) is 8.54. The monoisotopic (exact) mass is 463 g/mol. The summed E-state index contributed by atoms with van der Waals surface area (Å²) in [5, 5.41) is 4.09. The molecule has 0 amide bonds. The summed E-state index contributed by atoms with van der Waals surface area (Å²) < 4.78 is 17.2. The minimum atomic E-state index is -0.404. The third kappa shape index (κ3) is 4.24. The molecule has 0 bridgehead atoms. The van der Waals surface area contributed by atoms with Gasteiger partial charge in [-0.15, -0.1) is 0 Å². The number of pyridine rings is 1. The van der Waals surface area contributed by atoms with Crippen LogP contribution in [0.5, 0.6) is 0 Å². The maximum absolute atomic E-state index is 12.3. The number of furan rings is 1. The molecule has 0 radical (unpaired) electrons. The van der Waals surface area contributed by atoms with Crippen LogP contribution in [0.1, 0.15) is 46.7 Å². The van der Waals surface area contributed by atoms with Crippen LogP contribution in [0.15, 0.2) is 65.2 Å². The number of hydrogen-bond acceptors (Lipinski definition) is 6. The molecule has 2 aliphatic rings. The van der Waals surface area contributed by atoms with Crippen LogP contribution < -0.4 is 5.32 Å². The number of benzene rings is 1. The Morgan fingerprint density at radius 1 is 1.21 bits per heavy atom. The summed E-state index contributed by atoms with van der Waals surface area (Å²) in [6, 6.07) is 16.6. The highest BCUT2D eigenvalue weighted by Gasteiger charge is 2.43. The fourth-order valence-corrected chi connectivity index (χ4v) is 4.88. The van der Waals surface area contributed by atoms with E-state index in [2.05, 4.69) is 15.2 Å². The number of thiocarbonyl (C=S) groups is 1. The van der Waals surface area contributed by atoms with E-state index in [9.17, 15) is 4.79 Å². The molecule has 1 aromatic carbocycles. The molecule has 2 saturated heterocycles. The number of carbonyl (C=O) groups excluding carboxylic acids is 1. The van der Waals surface area contributed by atoms with Gasteiger partial charge in [-0.3, -0.25) is 4.98 Å². The molecule has 2 aliphatic heterocycles. The zero-order valence-electron chi connectivity index (χ0n) is 18.3.